The van der Waals surface area contributed by atoms with Gasteiger partial charge in [0.2, 0.25) is 0 Å². The molecule has 3 atom stereocenters. The monoisotopic (exact) mass is 548 g/mol. The molecule has 3 fully saturated rings. The number of carbonyl (C=O) groups is 1. The summed E-state index contributed by atoms with van der Waals surface area (Å²) in [4.78, 5) is 21.0. The standard InChI is InChI=1S/C33H36N6O2/c1-19-23-9-10-26(19)39(18-23)33(40)24-13-25-31(30(16-24)41-4)36(2)32(35-25)29-15-22-8-7-21(27-11-12-34-37(27)3)14-28(22)38(29)17-20-5-6-20/h7-8,11-16,19-20,23,26H,5-6,9-10,17-18H2,1-4H3/t19-,23?,26?/m1/s1. The molecule has 2 unspecified atom stereocenters. The molecule has 1 saturated heterocycles. The number of hydrogen-bond acceptors (Lipinski definition) is 4. The fourth-order valence-electron chi connectivity index (χ4n) is 7.54. The topological polar surface area (TPSA) is 70.1 Å². The molecule has 41 heavy (non-hydrogen) atoms. The summed E-state index contributed by atoms with van der Waals surface area (Å²) < 4.78 is 12.4. The van der Waals surface area contributed by atoms with Gasteiger partial charge in [-0.2, -0.15) is 5.10 Å². The fourth-order valence-corrected chi connectivity index (χ4v) is 7.54. The van der Waals surface area contributed by atoms with Crippen molar-refractivity contribution in [3.63, 3.8) is 0 Å². The molecule has 2 aliphatic carbocycles. The number of nitrogens with zero attached hydrogens (tertiary/aromatic N) is 6. The van der Waals surface area contributed by atoms with Crippen LogP contribution in [0.3, 0.4) is 0 Å². The molecule has 0 radical (unpaired) electrons. The number of hydrogen-bond donors (Lipinski definition) is 0. The molecule has 3 aliphatic rings. The molecule has 8 rings (SSSR count). The summed E-state index contributed by atoms with van der Waals surface area (Å²) in [5, 5.41) is 5.57. The third-order valence-corrected chi connectivity index (χ3v) is 10.1. The van der Waals surface area contributed by atoms with Gasteiger partial charge in [0.05, 0.1) is 24.0 Å². The van der Waals surface area contributed by atoms with Crippen molar-refractivity contribution in [2.45, 2.75) is 45.2 Å². The minimum absolute atomic E-state index is 0.0991. The molecule has 8 nitrogen and oxygen atoms in total. The van der Waals surface area contributed by atoms with E-state index in [9.17, 15) is 4.79 Å². The van der Waals surface area contributed by atoms with E-state index in [4.69, 9.17) is 9.72 Å². The number of aryl methyl sites for hydroxylation is 2. The second-order valence-electron chi connectivity index (χ2n) is 12.5. The third kappa shape index (κ3) is 3.76. The maximum atomic E-state index is 13.7. The van der Waals surface area contributed by atoms with E-state index in [1.165, 1.54) is 30.2 Å². The lowest BCUT2D eigenvalue weighted by atomic mass is 10.0. The zero-order chi connectivity index (χ0) is 28.0. The van der Waals surface area contributed by atoms with Gasteiger partial charge in [-0.1, -0.05) is 19.1 Å². The number of carbonyl (C=O) groups excluding carboxylic acids is 1. The van der Waals surface area contributed by atoms with Gasteiger partial charge >= 0.3 is 0 Å². The lowest BCUT2D eigenvalue weighted by Gasteiger charge is -2.27. The number of ether oxygens (including phenoxy) is 1. The van der Waals surface area contributed by atoms with Crippen molar-refractivity contribution in [2.24, 2.45) is 31.8 Å². The average Bonchev–Trinajstić information content (AvgIpc) is 3.23. The molecule has 1 amide bonds. The summed E-state index contributed by atoms with van der Waals surface area (Å²) in [6.07, 6.45) is 6.71. The van der Waals surface area contributed by atoms with Gasteiger partial charge in [-0.3, -0.25) is 9.48 Å². The zero-order valence-corrected chi connectivity index (χ0v) is 24.2. The number of aromatic nitrogens is 5. The van der Waals surface area contributed by atoms with Gasteiger partial charge in [0.1, 0.15) is 11.3 Å². The fraction of sp³-hybridized carbons (Fsp3) is 0.424. The highest BCUT2D eigenvalue weighted by molar-refractivity contribution is 6.00. The van der Waals surface area contributed by atoms with E-state index < -0.39 is 0 Å². The Morgan fingerprint density at radius 3 is 2.56 bits per heavy atom. The number of likely N-dealkylation sites (tertiary alicyclic amines) is 1. The third-order valence-electron chi connectivity index (χ3n) is 10.1. The molecule has 4 heterocycles. The predicted molar refractivity (Wildman–Crippen MR) is 160 cm³/mol. The molecule has 2 saturated carbocycles. The average molecular weight is 549 g/mol. The Hall–Kier alpha value is -4.07. The van der Waals surface area contributed by atoms with Crippen LogP contribution in [0, 0.1) is 17.8 Å². The van der Waals surface area contributed by atoms with Crippen LogP contribution in [0.2, 0.25) is 0 Å². The highest BCUT2D eigenvalue weighted by atomic mass is 16.5. The van der Waals surface area contributed by atoms with E-state index in [1.54, 1.807) is 7.11 Å². The van der Waals surface area contributed by atoms with E-state index in [2.05, 4.69) is 63.4 Å². The predicted octanol–water partition coefficient (Wildman–Crippen LogP) is 5.88. The van der Waals surface area contributed by atoms with E-state index in [-0.39, 0.29) is 5.91 Å². The molecule has 8 heteroatoms. The van der Waals surface area contributed by atoms with Crippen LogP contribution in [0.5, 0.6) is 5.75 Å². The second-order valence-corrected chi connectivity index (χ2v) is 12.5. The Morgan fingerprint density at radius 1 is 1.02 bits per heavy atom. The maximum Gasteiger partial charge on any atom is 0.254 e. The van der Waals surface area contributed by atoms with Gasteiger partial charge in [-0.15, -0.1) is 0 Å². The Kier molecular flexibility index (Phi) is 5.40. The van der Waals surface area contributed by atoms with E-state index in [1.807, 2.05) is 30.1 Å². The number of piperidine rings is 1. The first-order valence-corrected chi connectivity index (χ1v) is 14.9. The van der Waals surface area contributed by atoms with Gasteiger partial charge in [-0.05, 0) is 73.8 Å². The zero-order valence-electron chi connectivity index (χ0n) is 24.2. The quantitative estimate of drug-likeness (QED) is 0.266. The van der Waals surface area contributed by atoms with Crippen molar-refractivity contribution in [2.75, 3.05) is 13.7 Å². The highest BCUT2D eigenvalue weighted by Crippen LogP contribution is 2.44. The smallest absolute Gasteiger partial charge is 0.254 e. The maximum absolute atomic E-state index is 13.7. The van der Waals surface area contributed by atoms with Crippen molar-refractivity contribution in [3.8, 4) is 28.5 Å². The van der Waals surface area contributed by atoms with Crippen LogP contribution < -0.4 is 4.74 Å². The van der Waals surface area contributed by atoms with Crippen LogP contribution in [-0.2, 0) is 20.6 Å². The van der Waals surface area contributed by atoms with E-state index >= 15 is 0 Å². The van der Waals surface area contributed by atoms with E-state index in [0.29, 0.717) is 35.1 Å². The van der Waals surface area contributed by atoms with Crippen LogP contribution in [-0.4, -0.2) is 54.4 Å². The summed E-state index contributed by atoms with van der Waals surface area (Å²) in [6.45, 7) is 4.12. The van der Waals surface area contributed by atoms with Crippen LogP contribution in [0.1, 0.15) is 43.0 Å². The number of imidazole rings is 1. The van der Waals surface area contributed by atoms with E-state index in [0.717, 1.165) is 53.3 Å². The van der Waals surface area contributed by atoms with Crippen LogP contribution in [0.25, 0.3) is 44.7 Å². The van der Waals surface area contributed by atoms with Gasteiger partial charge in [0.15, 0.2) is 5.82 Å². The first-order valence-electron chi connectivity index (χ1n) is 14.9. The molecular weight excluding hydrogens is 512 g/mol. The first kappa shape index (κ1) is 24.7. The molecule has 1 aliphatic heterocycles. The normalized spacial score (nSPS) is 22.0. The SMILES string of the molecule is COc1cc(C(=O)N2CC3CCC2[C@@H]3C)cc2nc(-c3cc4ccc(-c5ccnn5C)cc4n3CC3CC3)n(C)c12. The van der Waals surface area contributed by atoms with Crippen LogP contribution in [0.4, 0.5) is 0 Å². The van der Waals surface area contributed by atoms with Gasteiger partial charge in [-0.25, -0.2) is 4.98 Å². The largest absolute Gasteiger partial charge is 0.494 e. The molecule has 2 bridgehead atoms. The summed E-state index contributed by atoms with van der Waals surface area (Å²) in [5.74, 6) is 3.57. The van der Waals surface area contributed by atoms with Crippen molar-refractivity contribution < 1.29 is 9.53 Å². The van der Waals surface area contributed by atoms with Crippen molar-refractivity contribution >= 4 is 27.8 Å². The summed E-state index contributed by atoms with van der Waals surface area (Å²) >= 11 is 0. The lowest BCUT2D eigenvalue weighted by Crippen LogP contribution is -2.38. The molecular formula is C33H36N6O2. The molecule has 0 N–H and O–H groups in total. The molecule has 210 valence electrons. The second kappa shape index (κ2) is 8.96. The number of amides is 1. The number of methoxy groups -OCH3 is 1. The molecule has 3 aromatic heterocycles. The van der Waals surface area contributed by atoms with Gasteiger partial charge < -0.3 is 18.8 Å². The minimum atomic E-state index is 0.0991. The molecule has 2 aromatic carbocycles. The van der Waals surface area contributed by atoms with Gasteiger partial charge in [0.25, 0.3) is 5.91 Å². The lowest BCUT2D eigenvalue weighted by molar-refractivity contribution is 0.0696. The Labute approximate surface area is 239 Å². The van der Waals surface area contributed by atoms with Crippen molar-refractivity contribution in [3.05, 3.63) is 54.2 Å². The van der Waals surface area contributed by atoms with Crippen LogP contribution >= 0.6 is 0 Å². The summed E-state index contributed by atoms with van der Waals surface area (Å²) in [7, 11) is 5.71. The van der Waals surface area contributed by atoms with Crippen molar-refractivity contribution in [1.29, 1.82) is 0 Å². The number of fused-ring (bicyclic) bond motifs is 4. The number of rotatable bonds is 6. The Balaban J connectivity index is 1.25. The Morgan fingerprint density at radius 2 is 1.88 bits per heavy atom. The number of benzene rings is 2. The van der Waals surface area contributed by atoms with Crippen LogP contribution in [0.15, 0.2) is 48.7 Å². The highest BCUT2D eigenvalue weighted by Gasteiger charge is 2.46. The van der Waals surface area contributed by atoms with Crippen molar-refractivity contribution in [1.82, 2.24) is 28.8 Å². The molecule has 0 spiro atoms. The van der Waals surface area contributed by atoms with Gasteiger partial charge in [0, 0.05) is 61.5 Å². The minimum Gasteiger partial charge on any atom is -0.494 e. The first-order chi connectivity index (χ1) is 19.9. The summed E-state index contributed by atoms with van der Waals surface area (Å²) in [6, 6.07) is 15.2. The Bertz CT molecular complexity index is 1840. The molecule has 5 aromatic rings. The summed E-state index contributed by atoms with van der Waals surface area (Å²) in [5.41, 5.74) is 6.91.